The summed E-state index contributed by atoms with van der Waals surface area (Å²) in [6.45, 7) is -0.111. The maximum atomic E-state index is 10.4. The van der Waals surface area contributed by atoms with Gasteiger partial charge in [-0.1, -0.05) is 0 Å². The molecule has 0 heterocycles. The summed E-state index contributed by atoms with van der Waals surface area (Å²) < 4.78 is 25.2. The zero-order valence-electron chi connectivity index (χ0n) is 6.49. The van der Waals surface area contributed by atoms with Gasteiger partial charge in [0.2, 0.25) is 0 Å². The molecule has 0 spiro atoms. The molecule has 0 aliphatic heterocycles. The molecule has 0 saturated carbocycles. The highest BCUT2D eigenvalue weighted by molar-refractivity contribution is 7.85. The minimum atomic E-state index is -3.39. The van der Waals surface area contributed by atoms with E-state index in [0.29, 0.717) is 5.70 Å². The van der Waals surface area contributed by atoms with Gasteiger partial charge in [-0.05, 0) is 0 Å². The Morgan fingerprint density at radius 2 is 2.27 bits per heavy atom. The van der Waals surface area contributed by atoms with E-state index in [0.717, 1.165) is 6.26 Å². The molecule has 0 aromatic carbocycles. The Bertz CT molecular complexity index is 232. The fraction of sp³-hybridized carbons (Fsp3) is 0.600. The summed E-state index contributed by atoms with van der Waals surface area (Å²) in [6.07, 6.45) is 2.44. The van der Waals surface area contributed by atoms with E-state index >= 15 is 0 Å². The normalized spacial score (nSPS) is 13.1. The van der Waals surface area contributed by atoms with Crippen LogP contribution in [0.3, 0.4) is 0 Å². The quantitative estimate of drug-likeness (QED) is 0.541. The van der Waals surface area contributed by atoms with Crippen LogP contribution in [0.1, 0.15) is 0 Å². The van der Waals surface area contributed by atoms with Crippen LogP contribution in [0.5, 0.6) is 0 Å². The molecular formula is C5H12N2O3S. The second-order valence-electron chi connectivity index (χ2n) is 1.97. The number of nitrogens with one attached hydrogen (secondary N) is 1. The molecule has 0 aromatic heterocycles. The van der Waals surface area contributed by atoms with E-state index in [4.69, 9.17) is 5.73 Å². The number of rotatable bonds is 4. The molecule has 0 fully saturated rings. The number of hydrogen-bond donors (Lipinski definition) is 2. The molecule has 0 radical (unpaired) electrons. The third-order valence-electron chi connectivity index (χ3n) is 0.769. The van der Waals surface area contributed by atoms with Crippen molar-refractivity contribution in [2.45, 2.75) is 0 Å². The van der Waals surface area contributed by atoms with Crippen LogP contribution < -0.4 is 11.1 Å². The molecule has 0 amide bonds. The fourth-order valence-corrected chi connectivity index (χ4v) is 0.752. The average Bonchev–Trinajstić information content (AvgIpc) is 1.83. The van der Waals surface area contributed by atoms with Crippen molar-refractivity contribution < 1.29 is 12.6 Å². The fourth-order valence-electron chi connectivity index (χ4n) is 0.402. The summed E-state index contributed by atoms with van der Waals surface area (Å²) in [5.41, 5.74) is 5.63. The van der Waals surface area contributed by atoms with E-state index < -0.39 is 10.1 Å². The Balaban J connectivity index is 3.81. The van der Waals surface area contributed by atoms with Crippen molar-refractivity contribution in [3.05, 3.63) is 11.9 Å². The van der Waals surface area contributed by atoms with E-state index in [1.807, 2.05) is 0 Å². The number of nitrogens with two attached hydrogens (primary N) is 1. The van der Waals surface area contributed by atoms with Crippen LogP contribution in [0.15, 0.2) is 11.9 Å². The minimum Gasteiger partial charge on any atom is -0.399 e. The van der Waals surface area contributed by atoms with Gasteiger partial charge >= 0.3 is 0 Å². The standard InChI is InChI=1S/C5H12N2O3S/c1-7-3-5(6)4-10-11(2,8)9/h3,7H,4,6H2,1-2H3/b5-3-. The predicted molar refractivity (Wildman–Crippen MR) is 42.1 cm³/mol. The summed E-state index contributed by atoms with van der Waals surface area (Å²) in [5, 5.41) is 2.64. The number of hydrogen-bond acceptors (Lipinski definition) is 5. The molecule has 0 rings (SSSR count). The highest BCUT2D eigenvalue weighted by Crippen LogP contribution is 1.89. The topological polar surface area (TPSA) is 81.4 Å². The van der Waals surface area contributed by atoms with Gasteiger partial charge in [-0.15, -0.1) is 0 Å². The monoisotopic (exact) mass is 180 g/mol. The maximum absolute atomic E-state index is 10.4. The van der Waals surface area contributed by atoms with Gasteiger partial charge in [0, 0.05) is 13.2 Å². The van der Waals surface area contributed by atoms with Gasteiger partial charge in [0.1, 0.15) is 6.61 Å². The third kappa shape index (κ3) is 7.14. The summed E-state index contributed by atoms with van der Waals surface area (Å²) >= 11 is 0. The lowest BCUT2D eigenvalue weighted by atomic mass is 10.5. The Labute approximate surface area is 66.3 Å². The molecule has 0 unspecified atom stereocenters. The third-order valence-corrected chi connectivity index (χ3v) is 1.32. The van der Waals surface area contributed by atoms with Gasteiger partial charge in [0.25, 0.3) is 10.1 Å². The maximum Gasteiger partial charge on any atom is 0.264 e. The first-order valence-electron chi connectivity index (χ1n) is 2.92. The molecule has 11 heavy (non-hydrogen) atoms. The van der Waals surface area contributed by atoms with Crippen LogP contribution in [0, 0.1) is 0 Å². The Morgan fingerprint density at radius 1 is 1.73 bits per heavy atom. The van der Waals surface area contributed by atoms with E-state index in [1.54, 1.807) is 7.05 Å². The van der Waals surface area contributed by atoms with Crippen molar-refractivity contribution in [1.82, 2.24) is 5.32 Å². The molecule has 0 aliphatic rings. The lowest BCUT2D eigenvalue weighted by molar-refractivity contribution is 0.350. The first-order valence-corrected chi connectivity index (χ1v) is 4.73. The van der Waals surface area contributed by atoms with Crippen molar-refractivity contribution >= 4 is 10.1 Å². The second kappa shape index (κ2) is 4.20. The summed E-state index contributed by atoms with van der Waals surface area (Å²) in [5.74, 6) is 0. The van der Waals surface area contributed by atoms with E-state index in [1.165, 1.54) is 6.20 Å². The first kappa shape index (κ1) is 10.2. The average molecular weight is 180 g/mol. The molecule has 66 valence electrons. The van der Waals surface area contributed by atoms with Gasteiger partial charge in [-0.2, -0.15) is 8.42 Å². The molecule has 0 saturated heterocycles. The zero-order valence-corrected chi connectivity index (χ0v) is 7.31. The second-order valence-corrected chi connectivity index (χ2v) is 3.62. The largest absolute Gasteiger partial charge is 0.399 e. The van der Waals surface area contributed by atoms with E-state index in [-0.39, 0.29) is 6.61 Å². The Kier molecular flexibility index (Phi) is 3.91. The van der Waals surface area contributed by atoms with Crippen LogP contribution >= 0.6 is 0 Å². The zero-order chi connectivity index (χ0) is 8.91. The van der Waals surface area contributed by atoms with Gasteiger partial charge in [0.05, 0.1) is 12.0 Å². The van der Waals surface area contributed by atoms with Crippen LogP contribution in [0.2, 0.25) is 0 Å². The molecule has 3 N–H and O–H groups in total. The molecule has 5 nitrogen and oxygen atoms in total. The van der Waals surface area contributed by atoms with Gasteiger partial charge < -0.3 is 11.1 Å². The van der Waals surface area contributed by atoms with Crippen molar-refractivity contribution in [3.63, 3.8) is 0 Å². The lowest BCUT2D eigenvalue weighted by Crippen LogP contribution is -2.13. The van der Waals surface area contributed by atoms with Crippen molar-refractivity contribution in [2.24, 2.45) is 5.73 Å². The highest BCUT2D eigenvalue weighted by Gasteiger charge is 2.00. The Hall–Kier alpha value is -0.750. The molecule has 0 aromatic rings. The molecule has 0 aliphatic carbocycles. The van der Waals surface area contributed by atoms with Gasteiger partial charge in [-0.3, -0.25) is 4.18 Å². The van der Waals surface area contributed by atoms with Gasteiger partial charge in [-0.25, -0.2) is 0 Å². The van der Waals surface area contributed by atoms with Crippen LogP contribution in [-0.4, -0.2) is 28.3 Å². The van der Waals surface area contributed by atoms with E-state index in [2.05, 4.69) is 9.50 Å². The lowest BCUT2D eigenvalue weighted by Gasteiger charge is -2.00. The van der Waals surface area contributed by atoms with Crippen LogP contribution in [-0.2, 0) is 14.3 Å². The summed E-state index contributed by atoms with van der Waals surface area (Å²) in [4.78, 5) is 0. The van der Waals surface area contributed by atoms with Gasteiger partial charge in [0.15, 0.2) is 0 Å². The first-order chi connectivity index (χ1) is 4.95. The predicted octanol–water partition coefficient (Wildman–Crippen LogP) is -1.02. The van der Waals surface area contributed by atoms with Crippen molar-refractivity contribution in [2.75, 3.05) is 19.9 Å². The highest BCUT2D eigenvalue weighted by atomic mass is 32.2. The van der Waals surface area contributed by atoms with Crippen LogP contribution in [0.4, 0.5) is 0 Å². The smallest absolute Gasteiger partial charge is 0.264 e. The van der Waals surface area contributed by atoms with E-state index in [9.17, 15) is 8.42 Å². The summed E-state index contributed by atoms with van der Waals surface area (Å²) in [7, 11) is -1.73. The SMILES string of the molecule is CN/C=C(\N)COS(C)(=O)=O. The van der Waals surface area contributed by atoms with Crippen molar-refractivity contribution in [1.29, 1.82) is 0 Å². The summed E-state index contributed by atoms with van der Waals surface area (Å²) in [6, 6.07) is 0. The Morgan fingerprint density at radius 3 is 2.64 bits per heavy atom. The minimum absolute atomic E-state index is 0.111. The van der Waals surface area contributed by atoms with Crippen molar-refractivity contribution in [3.8, 4) is 0 Å². The molecule has 0 atom stereocenters. The molecular weight excluding hydrogens is 168 g/mol. The molecule has 0 bridgehead atoms. The van der Waals surface area contributed by atoms with Crippen LogP contribution in [0.25, 0.3) is 0 Å². The molecule has 6 heteroatoms.